The molecule has 13 heteroatoms. The molecule has 0 saturated heterocycles. The lowest BCUT2D eigenvalue weighted by Crippen LogP contribution is -2.00. The van der Waals surface area contributed by atoms with E-state index in [9.17, 15) is 40.9 Å². The predicted octanol–water partition coefficient (Wildman–Crippen LogP) is 9.65. The maximum absolute atomic E-state index is 11.3. The van der Waals surface area contributed by atoms with E-state index in [1.165, 1.54) is 15.9 Å². The summed E-state index contributed by atoms with van der Waals surface area (Å²) in [7, 11) is 0. The molecule has 0 aliphatic heterocycles. The molecule has 58 heavy (non-hydrogen) atoms. The van der Waals surface area contributed by atoms with E-state index in [0.29, 0.717) is 22.9 Å². The Bertz CT molecular complexity index is 3180. The summed E-state index contributed by atoms with van der Waals surface area (Å²) in [4.78, 5) is 15.0. The number of phenols is 8. The lowest BCUT2D eigenvalue weighted by molar-refractivity contribution is 0.350. The van der Waals surface area contributed by atoms with Gasteiger partial charge in [0.2, 0.25) is 23.0 Å². The Balaban J connectivity index is 1.30. The van der Waals surface area contributed by atoms with Crippen LogP contribution in [0.4, 0.5) is 0 Å². The van der Waals surface area contributed by atoms with Crippen LogP contribution >= 0.6 is 11.3 Å². The molecule has 3 aromatic heterocycles. The van der Waals surface area contributed by atoms with Crippen LogP contribution in [-0.4, -0.2) is 60.4 Å². The minimum absolute atomic E-state index is 0.247. The van der Waals surface area contributed by atoms with Crippen molar-refractivity contribution in [3.05, 3.63) is 121 Å². The smallest absolute Gasteiger partial charge is 0.206 e. The average molecular weight is 785 g/mol. The number of hydrogen-bond acceptors (Lipinski definition) is 12. The Morgan fingerprint density at radius 1 is 0.397 bits per heavy atom. The Morgan fingerprint density at radius 3 is 1.38 bits per heavy atom. The van der Waals surface area contributed by atoms with Gasteiger partial charge in [-0.15, -0.1) is 11.3 Å². The topological polar surface area (TPSA) is 205 Å². The molecule has 0 saturated carbocycles. The molecule has 7 aromatic carbocycles. The Morgan fingerprint density at radius 2 is 0.862 bits per heavy atom. The molecule has 0 aliphatic rings. The van der Waals surface area contributed by atoms with Crippen molar-refractivity contribution in [2.45, 2.75) is 0 Å². The lowest BCUT2D eigenvalue weighted by atomic mass is 9.99. The van der Waals surface area contributed by atoms with Gasteiger partial charge in [0.15, 0.2) is 40.5 Å². The minimum atomic E-state index is -1.10. The Labute approximate surface area is 331 Å². The van der Waals surface area contributed by atoms with Crippen molar-refractivity contribution in [3.8, 4) is 97.0 Å². The van der Waals surface area contributed by atoms with Crippen LogP contribution in [0, 0.1) is 0 Å². The SMILES string of the molecule is Oc1c(O)c(O)c2c(c1O)c1c(O)c(O)c(O)c(O)c1n2-c1ccc2sc3c(-c4nc(-c5ccccc5)nc(-c5ccccc5)n4)cc(-c4ccccc4)cc3c2c1. The largest absolute Gasteiger partial charge is 0.504 e. The molecule has 0 unspecified atom stereocenters. The summed E-state index contributed by atoms with van der Waals surface area (Å²) in [5, 5.41) is 87.6. The molecule has 0 amide bonds. The van der Waals surface area contributed by atoms with E-state index in [4.69, 9.17) is 15.0 Å². The maximum atomic E-state index is 11.3. The monoisotopic (exact) mass is 784 g/mol. The van der Waals surface area contributed by atoms with Crippen LogP contribution in [0.1, 0.15) is 0 Å². The first-order valence-electron chi connectivity index (χ1n) is 17.8. The first-order valence-corrected chi connectivity index (χ1v) is 18.7. The Hall–Kier alpha value is -8.03. The molecule has 282 valence electrons. The number of phenolic OH excluding ortho intramolecular Hbond substituents is 8. The van der Waals surface area contributed by atoms with Crippen molar-refractivity contribution in [1.82, 2.24) is 19.5 Å². The van der Waals surface area contributed by atoms with Crippen molar-refractivity contribution in [1.29, 1.82) is 0 Å². The lowest BCUT2D eigenvalue weighted by Gasteiger charge is -2.13. The summed E-state index contributed by atoms with van der Waals surface area (Å²) in [5.74, 6) is -6.60. The van der Waals surface area contributed by atoms with Crippen LogP contribution in [0.15, 0.2) is 121 Å². The molecule has 10 aromatic rings. The summed E-state index contributed by atoms with van der Waals surface area (Å²) < 4.78 is 2.87. The van der Waals surface area contributed by atoms with Crippen LogP contribution in [0.2, 0.25) is 0 Å². The highest BCUT2D eigenvalue weighted by atomic mass is 32.1. The van der Waals surface area contributed by atoms with Gasteiger partial charge in [0.05, 0.1) is 10.8 Å². The second kappa shape index (κ2) is 12.8. The summed E-state index contributed by atoms with van der Waals surface area (Å²) in [6.45, 7) is 0. The van der Waals surface area contributed by atoms with Crippen LogP contribution in [-0.2, 0) is 0 Å². The average Bonchev–Trinajstić information content (AvgIpc) is 3.83. The molecule has 0 spiro atoms. The number of aromatic nitrogens is 4. The molecule has 8 N–H and O–H groups in total. The fourth-order valence-electron chi connectivity index (χ4n) is 7.55. The minimum Gasteiger partial charge on any atom is -0.504 e. The van der Waals surface area contributed by atoms with Crippen LogP contribution in [0.5, 0.6) is 46.0 Å². The Kier molecular flexibility index (Phi) is 7.58. The van der Waals surface area contributed by atoms with Crippen LogP contribution in [0.3, 0.4) is 0 Å². The quantitative estimate of drug-likeness (QED) is 0.0609. The van der Waals surface area contributed by atoms with Gasteiger partial charge >= 0.3 is 0 Å². The zero-order valence-electron chi connectivity index (χ0n) is 29.8. The molecule has 12 nitrogen and oxygen atoms in total. The van der Waals surface area contributed by atoms with Crippen molar-refractivity contribution in [2.75, 3.05) is 0 Å². The molecular formula is C45H28N4O8S. The van der Waals surface area contributed by atoms with E-state index < -0.39 is 56.8 Å². The van der Waals surface area contributed by atoms with Gasteiger partial charge in [0.25, 0.3) is 0 Å². The summed E-state index contributed by atoms with van der Waals surface area (Å²) >= 11 is 1.49. The number of benzene rings is 7. The molecule has 0 radical (unpaired) electrons. The molecular weight excluding hydrogens is 757 g/mol. The number of thiophene rings is 1. The van der Waals surface area contributed by atoms with Crippen molar-refractivity contribution < 1.29 is 40.9 Å². The molecule has 0 bridgehead atoms. The van der Waals surface area contributed by atoms with E-state index in [-0.39, 0.29) is 16.7 Å². The van der Waals surface area contributed by atoms with Gasteiger partial charge in [-0.05, 0) is 41.5 Å². The van der Waals surface area contributed by atoms with Gasteiger partial charge in [0, 0.05) is 42.6 Å². The first kappa shape index (κ1) is 34.5. The predicted molar refractivity (Wildman–Crippen MR) is 222 cm³/mol. The number of rotatable bonds is 5. The van der Waals surface area contributed by atoms with E-state index in [0.717, 1.165) is 42.6 Å². The number of fused-ring (bicyclic) bond motifs is 6. The van der Waals surface area contributed by atoms with Gasteiger partial charge in [0.1, 0.15) is 11.0 Å². The summed E-state index contributed by atoms with van der Waals surface area (Å²) in [5.41, 5.74) is 3.72. The summed E-state index contributed by atoms with van der Waals surface area (Å²) in [6.07, 6.45) is 0. The number of hydrogen-bond donors (Lipinski definition) is 8. The van der Waals surface area contributed by atoms with Crippen LogP contribution in [0.25, 0.3) is 93.0 Å². The van der Waals surface area contributed by atoms with E-state index >= 15 is 0 Å². The standard InChI is InChI=1S/C45H28N4O8S/c50-34-30-31-33(37(53)41(57)39(55)35(31)51)49(32(30)36(52)40(56)38(34)54)25-16-17-29-26(20-25)27-18-24(21-10-4-1-5-11-21)19-28(42(27)58-29)45-47-43(22-12-6-2-7-13-22)46-44(48-45)23-14-8-3-9-15-23/h1-20,50-57H. The van der Waals surface area contributed by atoms with Crippen LogP contribution < -0.4 is 0 Å². The highest BCUT2D eigenvalue weighted by Crippen LogP contribution is 2.59. The molecule has 0 aliphatic carbocycles. The van der Waals surface area contributed by atoms with Gasteiger partial charge in [-0.25, -0.2) is 15.0 Å². The van der Waals surface area contributed by atoms with E-state index in [2.05, 4.69) is 0 Å². The van der Waals surface area contributed by atoms with Crippen molar-refractivity contribution in [3.63, 3.8) is 0 Å². The fourth-order valence-corrected chi connectivity index (χ4v) is 8.72. The van der Waals surface area contributed by atoms with E-state index in [1.807, 2.05) is 109 Å². The fraction of sp³-hybridized carbons (Fsp3) is 0. The number of aromatic hydroxyl groups is 8. The van der Waals surface area contributed by atoms with Gasteiger partial charge in [-0.3, -0.25) is 0 Å². The van der Waals surface area contributed by atoms with Gasteiger partial charge < -0.3 is 45.4 Å². The molecule has 0 atom stereocenters. The second-order valence-corrected chi connectivity index (χ2v) is 14.7. The summed E-state index contributed by atoms with van der Waals surface area (Å²) in [6, 6.07) is 38.4. The third-order valence-electron chi connectivity index (χ3n) is 10.3. The normalized spacial score (nSPS) is 11.7. The van der Waals surface area contributed by atoms with E-state index in [1.54, 1.807) is 12.1 Å². The third-order valence-corrected chi connectivity index (χ3v) is 11.5. The third kappa shape index (κ3) is 5.04. The van der Waals surface area contributed by atoms with Crippen molar-refractivity contribution >= 4 is 53.3 Å². The highest BCUT2D eigenvalue weighted by molar-refractivity contribution is 7.26. The van der Waals surface area contributed by atoms with Crippen molar-refractivity contribution in [2.24, 2.45) is 0 Å². The zero-order valence-corrected chi connectivity index (χ0v) is 30.6. The maximum Gasteiger partial charge on any atom is 0.206 e. The van der Waals surface area contributed by atoms with Gasteiger partial charge in [-0.1, -0.05) is 91.0 Å². The highest BCUT2D eigenvalue weighted by Gasteiger charge is 2.32. The number of nitrogens with zero attached hydrogens (tertiary/aromatic N) is 4. The molecule has 3 heterocycles. The molecule has 0 fully saturated rings. The second-order valence-electron chi connectivity index (χ2n) is 13.7. The first-order chi connectivity index (χ1) is 28.1. The molecule has 10 rings (SSSR count). The zero-order chi connectivity index (χ0) is 40.0. The van der Waals surface area contributed by atoms with Gasteiger partial charge in [-0.2, -0.15) is 0 Å².